The highest BCUT2D eigenvalue weighted by Crippen LogP contribution is 2.38. The lowest BCUT2D eigenvalue weighted by atomic mass is 9.92. The molecule has 16 heavy (non-hydrogen) atoms. The van der Waals surface area contributed by atoms with Crippen molar-refractivity contribution < 1.29 is 5.11 Å². The lowest BCUT2D eigenvalue weighted by Crippen LogP contribution is -2.27. The summed E-state index contributed by atoms with van der Waals surface area (Å²) in [5.41, 5.74) is 3.18. The van der Waals surface area contributed by atoms with Gasteiger partial charge < -0.3 is 10.4 Å². The molecule has 88 valence electrons. The predicted molar refractivity (Wildman–Crippen MR) is 69.9 cm³/mol. The molecule has 1 atom stereocenters. The van der Waals surface area contributed by atoms with Gasteiger partial charge in [-0.1, -0.05) is 22.4 Å². The van der Waals surface area contributed by atoms with Crippen LogP contribution in [0.5, 0.6) is 5.75 Å². The third-order valence-corrected chi connectivity index (χ3v) is 4.22. The van der Waals surface area contributed by atoms with Gasteiger partial charge in [0.05, 0.1) is 0 Å². The Morgan fingerprint density at radius 2 is 2.12 bits per heavy atom. The van der Waals surface area contributed by atoms with E-state index < -0.39 is 0 Å². The standard InChI is InChI=1S/C13H18BrNO/c1-8-7-10(14)9(2)13(16)12(8)11-5-3-4-6-15-11/h7,11,15-16H,3-6H2,1-2H3. The van der Waals surface area contributed by atoms with E-state index in [1.165, 1.54) is 12.8 Å². The zero-order chi connectivity index (χ0) is 11.7. The molecule has 0 radical (unpaired) electrons. The molecule has 1 unspecified atom stereocenters. The van der Waals surface area contributed by atoms with Gasteiger partial charge in [0.25, 0.3) is 0 Å². The molecule has 0 spiro atoms. The molecule has 1 heterocycles. The first-order chi connectivity index (χ1) is 7.61. The number of halogens is 1. The highest BCUT2D eigenvalue weighted by molar-refractivity contribution is 9.10. The van der Waals surface area contributed by atoms with Crippen LogP contribution in [0.25, 0.3) is 0 Å². The fraction of sp³-hybridized carbons (Fsp3) is 0.538. The number of aryl methyl sites for hydroxylation is 1. The number of nitrogens with one attached hydrogen (secondary N) is 1. The summed E-state index contributed by atoms with van der Waals surface area (Å²) in [5, 5.41) is 13.7. The van der Waals surface area contributed by atoms with Gasteiger partial charge in [0.1, 0.15) is 5.75 Å². The van der Waals surface area contributed by atoms with E-state index in [4.69, 9.17) is 0 Å². The number of rotatable bonds is 1. The van der Waals surface area contributed by atoms with E-state index in [9.17, 15) is 5.11 Å². The second-order valence-electron chi connectivity index (χ2n) is 4.57. The van der Waals surface area contributed by atoms with Gasteiger partial charge in [-0.15, -0.1) is 0 Å². The van der Waals surface area contributed by atoms with Gasteiger partial charge in [-0.3, -0.25) is 0 Å². The van der Waals surface area contributed by atoms with Crippen molar-refractivity contribution in [1.82, 2.24) is 5.32 Å². The first kappa shape index (κ1) is 11.9. The normalized spacial score (nSPS) is 21.1. The van der Waals surface area contributed by atoms with Crippen LogP contribution < -0.4 is 5.32 Å². The Morgan fingerprint density at radius 3 is 2.75 bits per heavy atom. The highest BCUT2D eigenvalue weighted by Gasteiger charge is 2.21. The van der Waals surface area contributed by atoms with Crippen LogP contribution >= 0.6 is 15.9 Å². The Labute approximate surface area is 105 Å². The van der Waals surface area contributed by atoms with Gasteiger partial charge in [0, 0.05) is 21.6 Å². The van der Waals surface area contributed by atoms with Crippen molar-refractivity contribution in [1.29, 1.82) is 0 Å². The molecular weight excluding hydrogens is 266 g/mol. The third kappa shape index (κ3) is 2.11. The number of benzene rings is 1. The molecule has 0 bridgehead atoms. The molecule has 1 aliphatic rings. The van der Waals surface area contributed by atoms with Crippen LogP contribution in [0, 0.1) is 13.8 Å². The fourth-order valence-electron chi connectivity index (χ4n) is 2.42. The van der Waals surface area contributed by atoms with Crippen LogP contribution in [0.3, 0.4) is 0 Å². The summed E-state index contributed by atoms with van der Waals surface area (Å²) in [4.78, 5) is 0. The molecule has 2 nitrogen and oxygen atoms in total. The van der Waals surface area contributed by atoms with Gasteiger partial charge in [0.2, 0.25) is 0 Å². The lowest BCUT2D eigenvalue weighted by molar-refractivity contribution is 0.388. The Balaban J connectivity index is 2.42. The number of hydrogen-bond donors (Lipinski definition) is 2. The van der Waals surface area contributed by atoms with E-state index in [2.05, 4.69) is 34.2 Å². The van der Waals surface area contributed by atoms with Gasteiger partial charge in [0.15, 0.2) is 0 Å². The first-order valence-electron chi connectivity index (χ1n) is 5.83. The van der Waals surface area contributed by atoms with E-state index in [0.717, 1.165) is 34.1 Å². The van der Waals surface area contributed by atoms with Gasteiger partial charge in [-0.2, -0.15) is 0 Å². The van der Waals surface area contributed by atoms with Crippen molar-refractivity contribution in [3.8, 4) is 5.75 Å². The number of phenols is 1. The molecule has 2 rings (SSSR count). The molecule has 1 saturated heterocycles. The monoisotopic (exact) mass is 283 g/mol. The molecule has 2 N–H and O–H groups in total. The minimum absolute atomic E-state index is 0.320. The third-order valence-electron chi connectivity index (χ3n) is 3.40. The number of hydrogen-bond acceptors (Lipinski definition) is 2. The average molecular weight is 284 g/mol. The summed E-state index contributed by atoms with van der Waals surface area (Å²) >= 11 is 3.47. The molecule has 3 heteroatoms. The molecule has 1 aliphatic heterocycles. The van der Waals surface area contributed by atoms with E-state index in [-0.39, 0.29) is 0 Å². The van der Waals surface area contributed by atoms with Gasteiger partial charge >= 0.3 is 0 Å². The predicted octanol–water partition coefficient (Wildman–Crippen LogP) is 3.59. The summed E-state index contributed by atoms with van der Waals surface area (Å²) in [6.45, 7) is 5.07. The summed E-state index contributed by atoms with van der Waals surface area (Å²) in [6.07, 6.45) is 3.60. The number of phenolic OH excluding ortho intramolecular Hbond substituents is 1. The van der Waals surface area contributed by atoms with Crippen LogP contribution in [-0.2, 0) is 0 Å². The summed E-state index contributed by atoms with van der Waals surface area (Å²) in [5.74, 6) is 0.450. The average Bonchev–Trinajstić information content (AvgIpc) is 2.28. The Morgan fingerprint density at radius 1 is 1.38 bits per heavy atom. The minimum atomic E-state index is 0.320. The van der Waals surface area contributed by atoms with Crippen molar-refractivity contribution in [2.45, 2.75) is 39.2 Å². The van der Waals surface area contributed by atoms with Crippen molar-refractivity contribution in [3.05, 3.63) is 27.2 Å². The van der Waals surface area contributed by atoms with Crippen LogP contribution in [0.1, 0.15) is 42.0 Å². The summed E-state index contributed by atoms with van der Waals surface area (Å²) in [6, 6.07) is 2.42. The number of aromatic hydroxyl groups is 1. The first-order valence-corrected chi connectivity index (χ1v) is 6.62. The van der Waals surface area contributed by atoms with Gasteiger partial charge in [-0.25, -0.2) is 0 Å². The SMILES string of the molecule is Cc1cc(Br)c(C)c(O)c1C1CCCCN1. The maximum atomic E-state index is 10.2. The maximum absolute atomic E-state index is 10.2. The summed E-state index contributed by atoms with van der Waals surface area (Å²) in [7, 11) is 0. The molecule has 1 aromatic carbocycles. The minimum Gasteiger partial charge on any atom is -0.507 e. The largest absolute Gasteiger partial charge is 0.507 e. The molecular formula is C13H18BrNO. The van der Waals surface area contributed by atoms with E-state index in [0.29, 0.717) is 11.8 Å². The zero-order valence-electron chi connectivity index (χ0n) is 9.81. The Kier molecular flexibility index (Phi) is 3.55. The molecule has 1 aromatic rings. The topological polar surface area (TPSA) is 32.3 Å². The summed E-state index contributed by atoms with van der Waals surface area (Å²) < 4.78 is 0.988. The van der Waals surface area contributed by atoms with Crippen LogP contribution in [0.2, 0.25) is 0 Å². The van der Waals surface area contributed by atoms with Crippen LogP contribution in [0.15, 0.2) is 10.5 Å². The van der Waals surface area contributed by atoms with E-state index in [1.54, 1.807) is 0 Å². The Bertz CT molecular complexity index is 397. The molecule has 1 fully saturated rings. The lowest BCUT2D eigenvalue weighted by Gasteiger charge is -2.27. The fourth-order valence-corrected chi connectivity index (χ4v) is 2.95. The maximum Gasteiger partial charge on any atom is 0.124 e. The van der Waals surface area contributed by atoms with Crippen LogP contribution in [-0.4, -0.2) is 11.7 Å². The second kappa shape index (κ2) is 4.76. The molecule has 0 aliphatic carbocycles. The highest BCUT2D eigenvalue weighted by atomic mass is 79.9. The van der Waals surface area contributed by atoms with Gasteiger partial charge in [-0.05, 0) is 44.9 Å². The van der Waals surface area contributed by atoms with E-state index >= 15 is 0 Å². The zero-order valence-corrected chi connectivity index (χ0v) is 11.4. The van der Waals surface area contributed by atoms with Crippen molar-refractivity contribution in [2.24, 2.45) is 0 Å². The quantitative estimate of drug-likeness (QED) is 0.826. The Hall–Kier alpha value is -0.540. The molecule has 0 aromatic heterocycles. The number of piperidine rings is 1. The smallest absolute Gasteiger partial charge is 0.124 e. The molecule has 0 saturated carbocycles. The van der Waals surface area contributed by atoms with Crippen molar-refractivity contribution in [2.75, 3.05) is 6.54 Å². The van der Waals surface area contributed by atoms with Crippen molar-refractivity contribution >= 4 is 15.9 Å². The van der Waals surface area contributed by atoms with Crippen LogP contribution in [0.4, 0.5) is 0 Å². The second-order valence-corrected chi connectivity index (χ2v) is 5.42. The van der Waals surface area contributed by atoms with E-state index in [1.807, 2.05) is 6.92 Å². The molecule has 0 amide bonds. The van der Waals surface area contributed by atoms with Crippen molar-refractivity contribution in [3.63, 3.8) is 0 Å².